The minimum atomic E-state index is -0.0978. The maximum atomic E-state index is 13.2. The molecule has 0 bridgehead atoms. The summed E-state index contributed by atoms with van der Waals surface area (Å²) in [5.41, 5.74) is 4.50. The van der Waals surface area contributed by atoms with E-state index in [-0.39, 0.29) is 5.78 Å². The molecule has 2 aliphatic rings. The molecule has 0 spiro atoms. The van der Waals surface area contributed by atoms with Crippen molar-refractivity contribution in [1.29, 1.82) is 0 Å². The molecule has 3 aromatic rings. The van der Waals surface area contributed by atoms with E-state index in [4.69, 9.17) is 25.8 Å². The maximum Gasteiger partial charge on any atom is 0.232 e. The number of hydrogen-bond donors (Lipinski definition) is 0. The first kappa shape index (κ1) is 21.6. The SMILES string of the molecule is COc1ccc(/C=C2/Oc3c4c(cc(C)c3C2=O)OCN(CCc2ccc(Cl)cc2)C4)cc1. The first-order valence-electron chi connectivity index (χ1n) is 10.9. The predicted molar refractivity (Wildman–Crippen MR) is 128 cm³/mol. The summed E-state index contributed by atoms with van der Waals surface area (Å²) in [6.45, 7) is 3.91. The van der Waals surface area contributed by atoms with Gasteiger partial charge < -0.3 is 14.2 Å². The van der Waals surface area contributed by atoms with Gasteiger partial charge in [0.05, 0.1) is 18.2 Å². The van der Waals surface area contributed by atoms with Crippen molar-refractivity contribution in [2.75, 3.05) is 20.4 Å². The number of methoxy groups -OCH3 is 1. The second-order valence-corrected chi connectivity index (χ2v) is 8.73. The number of hydrogen-bond acceptors (Lipinski definition) is 5. The molecule has 0 fully saturated rings. The van der Waals surface area contributed by atoms with Gasteiger partial charge >= 0.3 is 0 Å². The number of nitrogens with zero attached hydrogens (tertiary/aromatic N) is 1. The number of carbonyl (C=O) groups excluding carboxylic acids is 1. The average molecular weight is 462 g/mol. The van der Waals surface area contributed by atoms with Gasteiger partial charge in [-0.3, -0.25) is 9.69 Å². The monoisotopic (exact) mass is 461 g/mol. The summed E-state index contributed by atoms with van der Waals surface area (Å²) < 4.78 is 17.4. The third kappa shape index (κ3) is 4.34. The summed E-state index contributed by atoms with van der Waals surface area (Å²) in [6, 6.07) is 17.4. The van der Waals surface area contributed by atoms with E-state index in [1.165, 1.54) is 5.56 Å². The lowest BCUT2D eigenvalue weighted by atomic mass is 9.98. The number of carbonyl (C=O) groups is 1. The van der Waals surface area contributed by atoms with Gasteiger partial charge in [-0.2, -0.15) is 0 Å². The molecule has 0 atom stereocenters. The fourth-order valence-electron chi connectivity index (χ4n) is 4.21. The third-order valence-electron chi connectivity index (χ3n) is 6.03. The zero-order valence-electron chi connectivity index (χ0n) is 18.6. The fourth-order valence-corrected chi connectivity index (χ4v) is 4.34. The standard InChI is InChI=1S/C27H24ClNO4/c1-17-13-23-22(15-29(16-32-23)12-11-18-3-7-20(28)8-4-18)27-25(17)26(30)24(33-27)14-19-5-9-21(31-2)10-6-19/h3-10,13-14H,11-12,15-16H2,1-2H3/b24-14+. The molecular weight excluding hydrogens is 438 g/mol. The van der Waals surface area contributed by atoms with E-state index in [2.05, 4.69) is 4.90 Å². The van der Waals surface area contributed by atoms with Crippen LogP contribution in [0.5, 0.6) is 17.2 Å². The quantitative estimate of drug-likeness (QED) is 0.458. The van der Waals surface area contributed by atoms with Crippen molar-refractivity contribution in [1.82, 2.24) is 4.90 Å². The number of aryl methyl sites for hydroxylation is 1. The van der Waals surface area contributed by atoms with Crippen molar-refractivity contribution in [3.05, 3.63) is 93.2 Å². The van der Waals surface area contributed by atoms with Gasteiger partial charge in [-0.1, -0.05) is 35.9 Å². The molecule has 0 saturated carbocycles. The van der Waals surface area contributed by atoms with Gasteiger partial charge in [0.15, 0.2) is 5.76 Å². The van der Waals surface area contributed by atoms with Crippen LogP contribution in [0.1, 0.15) is 32.6 Å². The second kappa shape index (κ2) is 8.93. The van der Waals surface area contributed by atoms with Crippen molar-refractivity contribution < 1.29 is 19.0 Å². The van der Waals surface area contributed by atoms with E-state index >= 15 is 0 Å². The van der Waals surface area contributed by atoms with Gasteiger partial charge in [0.25, 0.3) is 0 Å². The molecular formula is C27H24ClNO4. The highest BCUT2D eigenvalue weighted by Gasteiger charge is 2.35. The third-order valence-corrected chi connectivity index (χ3v) is 6.28. The van der Waals surface area contributed by atoms with Gasteiger partial charge in [0.2, 0.25) is 5.78 Å². The summed E-state index contributed by atoms with van der Waals surface area (Å²) in [6.07, 6.45) is 2.65. The lowest BCUT2D eigenvalue weighted by Gasteiger charge is -2.30. The van der Waals surface area contributed by atoms with Crippen molar-refractivity contribution in [2.24, 2.45) is 0 Å². The van der Waals surface area contributed by atoms with Crippen LogP contribution in [0.3, 0.4) is 0 Å². The molecule has 0 radical (unpaired) electrons. The van der Waals surface area contributed by atoms with Crippen molar-refractivity contribution in [3.63, 3.8) is 0 Å². The topological polar surface area (TPSA) is 48.0 Å². The Morgan fingerprint density at radius 1 is 1.12 bits per heavy atom. The van der Waals surface area contributed by atoms with E-state index < -0.39 is 0 Å². The molecule has 3 aromatic carbocycles. The Labute approximate surface area is 198 Å². The zero-order chi connectivity index (χ0) is 22.9. The van der Waals surface area contributed by atoms with Crippen molar-refractivity contribution in [2.45, 2.75) is 19.9 Å². The number of Topliss-reactive ketones (excluding diaryl/α,β-unsaturated/α-hetero) is 1. The normalized spacial score (nSPS) is 16.2. The number of ether oxygens (including phenoxy) is 3. The van der Waals surface area contributed by atoms with E-state index in [0.29, 0.717) is 30.3 Å². The summed E-state index contributed by atoms with van der Waals surface area (Å²) in [5, 5.41) is 0.736. The molecule has 168 valence electrons. The molecule has 0 amide bonds. The molecule has 5 nitrogen and oxygen atoms in total. The van der Waals surface area contributed by atoms with Crippen LogP contribution >= 0.6 is 11.6 Å². The molecule has 0 aliphatic carbocycles. The molecule has 0 unspecified atom stereocenters. The number of fused-ring (bicyclic) bond motifs is 3. The molecule has 6 heteroatoms. The zero-order valence-corrected chi connectivity index (χ0v) is 19.3. The molecule has 5 rings (SSSR count). The van der Waals surface area contributed by atoms with Crippen LogP contribution < -0.4 is 14.2 Å². The molecule has 0 aromatic heterocycles. The van der Waals surface area contributed by atoms with Gasteiger partial charge in [0, 0.05) is 18.1 Å². The van der Waals surface area contributed by atoms with Crippen LogP contribution in [-0.2, 0) is 13.0 Å². The Morgan fingerprint density at radius 2 is 1.88 bits per heavy atom. The fraction of sp³-hybridized carbons (Fsp3) is 0.222. The molecule has 33 heavy (non-hydrogen) atoms. The first-order valence-corrected chi connectivity index (χ1v) is 11.2. The van der Waals surface area contributed by atoms with Crippen molar-refractivity contribution in [3.8, 4) is 17.2 Å². The minimum Gasteiger partial charge on any atom is -0.497 e. The number of benzene rings is 3. The summed E-state index contributed by atoms with van der Waals surface area (Å²) >= 11 is 5.99. The lowest BCUT2D eigenvalue weighted by Crippen LogP contribution is -2.33. The number of ketones is 1. The molecule has 0 N–H and O–H groups in total. The van der Waals surface area contributed by atoms with E-state index in [1.54, 1.807) is 13.2 Å². The van der Waals surface area contributed by atoms with Gasteiger partial charge in [-0.05, 0) is 66.4 Å². The van der Waals surface area contributed by atoms with E-state index in [9.17, 15) is 4.79 Å². The highest BCUT2D eigenvalue weighted by molar-refractivity contribution is 6.30. The lowest BCUT2D eigenvalue weighted by molar-refractivity contribution is 0.0949. The van der Waals surface area contributed by atoms with Gasteiger partial charge in [0.1, 0.15) is 24.0 Å². The summed E-state index contributed by atoms with van der Waals surface area (Å²) in [4.78, 5) is 15.4. The highest BCUT2D eigenvalue weighted by Crippen LogP contribution is 2.44. The van der Waals surface area contributed by atoms with Crippen LogP contribution in [-0.4, -0.2) is 31.1 Å². The van der Waals surface area contributed by atoms with E-state index in [0.717, 1.165) is 46.2 Å². The number of allylic oxidation sites excluding steroid dienone is 1. The smallest absolute Gasteiger partial charge is 0.232 e. The summed E-state index contributed by atoms with van der Waals surface area (Å²) in [7, 11) is 1.63. The second-order valence-electron chi connectivity index (χ2n) is 8.29. The minimum absolute atomic E-state index is 0.0978. The molecule has 2 heterocycles. The Hall–Kier alpha value is -3.28. The number of rotatable bonds is 5. The van der Waals surface area contributed by atoms with E-state index in [1.807, 2.05) is 61.5 Å². The Kier molecular flexibility index (Phi) is 5.83. The Bertz CT molecular complexity index is 1230. The Balaban J connectivity index is 1.38. The maximum absolute atomic E-state index is 13.2. The van der Waals surface area contributed by atoms with Gasteiger partial charge in [-0.15, -0.1) is 0 Å². The van der Waals surface area contributed by atoms with Crippen LogP contribution in [0.2, 0.25) is 5.02 Å². The van der Waals surface area contributed by atoms with Crippen molar-refractivity contribution >= 4 is 23.5 Å². The van der Waals surface area contributed by atoms with Crippen LogP contribution in [0.15, 0.2) is 60.4 Å². The number of halogens is 1. The van der Waals surface area contributed by atoms with Crippen LogP contribution in [0.4, 0.5) is 0 Å². The highest BCUT2D eigenvalue weighted by atomic mass is 35.5. The first-order chi connectivity index (χ1) is 16.0. The predicted octanol–water partition coefficient (Wildman–Crippen LogP) is 5.67. The molecule has 0 saturated heterocycles. The van der Waals surface area contributed by atoms with Crippen LogP contribution in [0.25, 0.3) is 6.08 Å². The van der Waals surface area contributed by atoms with Gasteiger partial charge in [-0.25, -0.2) is 0 Å². The Morgan fingerprint density at radius 3 is 2.61 bits per heavy atom. The molecule has 2 aliphatic heterocycles. The largest absolute Gasteiger partial charge is 0.497 e. The average Bonchev–Trinajstić information content (AvgIpc) is 3.16. The summed E-state index contributed by atoms with van der Waals surface area (Å²) in [5.74, 6) is 2.39. The van der Waals surface area contributed by atoms with Crippen LogP contribution in [0, 0.1) is 6.92 Å².